The van der Waals surface area contributed by atoms with E-state index >= 15 is 0 Å². The Morgan fingerprint density at radius 3 is 2.27 bits per heavy atom. The lowest BCUT2D eigenvalue weighted by Crippen LogP contribution is -2.33. The highest BCUT2D eigenvalue weighted by Gasteiger charge is 2.42. The van der Waals surface area contributed by atoms with Gasteiger partial charge in [0.1, 0.15) is 0 Å². The number of rotatable bonds is 1. The van der Waals surface area contributed by atoms with Gasteiger partial charge in [-0.2, -0.15) is 0 Å². The summed E-state index contributed by atoms with van der Waals surface area (Å²) in [6.07, 6.45) is 7.09. The number of hydrogen-bond donors (Lipinski definition) is 1. The largest absolute Gasteiger partial charge is 0.390 e. The molecule has 1 saturated carbocycles. The molecule has 11 heavy (non-hydrogen) atoms. The van der Waals surface area contributed by atoms with Crippen molar-refractivity contribution in [3.8, 4) is 0 Å². The Bertz CT molecular complexity index is 188. The molecule has 2 aliphatic rings. The third-order valence-electron chi connectivity index (χ3n) is 3.19. The molecule has 1 N–H and O–H groups in total. The molecule has 2 aliphatic carbocycles. The molecule has 62 valence electrons. The Hall–Kier alpha value is -0.300. The monoisotopic (exact) mass is 152 g/mol. The van der Waals surface area contributed by atoms with Crippen molar-refractivity contribution in [1.82, 2.24) is 0 Å². The third-order valence-corrected chi connectivity index (χ3v) is 3.19. The SMILES string of the molecule is CC(C)(O)[C@H]1C[C@H]2C=C[C@@H]1C2. The van der Waals surface area contributed by atoms with Crippen molar-refractivity contribution in [2.24, 2.45) is 17.8 Å². The molecular formula is C10H16O. The van der Waals surface area contributed by atoms with Crippen LogP contribution in [0.25, 0.3) is 0 Å². The van der Waals surface area contributed by atoms with E-state index in [2.05, 4.69) is 12.2 Å². The van der Waals surface area contributed by atoms with Gasteiger partial charge in [-0.25, -0.2) is 0 Å². The normalized spacial score (nSPS) is 41.9. The zero-order chi connectivity index (χ0) is 8.06. The van der Waals surface area contributed by atoms with E-state index in [0.29, 0.717) is 11.8 Å². The lowest BCUT2D eigenvalue weighted by atomic mass is 9.81. The van der Waals surface area contributed by atoms with Crippen LogP contribution in [0.5, 0.6) is 0 Å². The second-order valence-corrected chi connectivity index (χ2v) is 4.54. The smallest absolute Gasteiger partial charge is 0.0625 e. The maximum Gasteiger partial charge on any atom is 0.0625 e. The van der Waals surface area contributed by atoms with Crippen molar-refractivity contribution in [2.75, 3.05) is 0 Å². The van der Waals surface area contributed by atoms with E-state index in [1.165, 1.54) is 12.8 Å². The van der Waals surface area contributed by atoms with E-state index in [4.69, 9.17) is 0 Å². The van der Waals surface area contributed by atoms with E-state index in [0.717, 1.165) is 5.92 Å². The van der Waals surface area contributed by atoms with E-state index in [9.17, 15) is 5.11 Å². The summed E-state index contributed by atoms with van der Waals surface area (Å²) in [5.74, 6) is 1.95. The van der Waals surface area contributed by atoms with Crippen molar-refractivity contribution >= 4 is 0 Å². The number of allylic oxidation sites excluding steroid dienone is 2. The summed E-state index contributed by atoms with van der Waals surface area (Å²) in [7, 11) is 0. The molecule has 1 nitrogen and oxygen atoms in total. The molecule has 2 rings (SSSR count). The van der Waals surface area contributed by atoms with Gasteiger partial charge in [-0.15, -0.1) is 0 Å². The van der Waals surface area contributed by atoms with Gasteiger partial charge in [0, 0.05) is 0 Å². The fraction of sp³-hybridized carbons (Fsp3) is 0.800. The van der Waals surface area contributed by atoms with Crippen LogP contribution in [-0.2, 0) is 0 Å². The minimum Gasteiger partial charge on any atom is -0.390 e. The fourth-order valence-corrected chi connectivity index (χ4v) is 2.59. The van der Waals surface area contributed by atoms with Gasteiger partial charge in [-0.05, 0) is 44.4 Å². The van der Waals surface area contributed by atoms with Crippen molar-refractivity contribution in [1.29, 1.82) is 0 Å². The minimum atomic E-state index is -0.468. The molecule has 0 aromatic carbocycles. The average Bonchev–Trinajstić information content (AvgIpc) is 2.42. The van der Waals surface area contributed by atoms with E-state index < -0.39 is 5.60 Å². The highest BCUT2D eigenvalue weighted by atomic mass is 16.3. The molecule has 0 amide bonds. The molecule has 0 aromatic heterocycles. The maximum atomic E-state index is 9.81. The summed E-state index contributed by atoms with van der Waals surface area (Å²) in [4.78, 5) is 0. The molecule has 0 aliphatic heterocycles. The van der Waals surface area contributed by atoms with Crippen LogP contribution < -0.4 is 0 Å². The van der Waals surface area contributed by atoms with Crippen molar-refractivity contribution in [3.05, 3.63) is 12.2 Å². The quantitative estimate of drug-likeness (QED) is 0.569. The second kappa shape index (κ2) is 2.10. The summed E-state index contributed by atoms with van der Waals surface area (Å²) < 4.78 is 0. The standard InChI is InChI=1S/C10H16O/c1-10(2,11)9-6-7-3-4-8(9)5-7/h3-4,7-9,11H,5-6H2,1-2H3/t7-,8+,9-/m0/s1. The summed E-state index contributed by atoms with van der Waals surface area (Å²) in [6.45, 7) is 3.87. The van der Waals surface area contributed by atoms with Crippen LogP contribution in [0.1, 0.15) is 26.7 Å². The third kappa shape index (κ3) is 1.12. The van der Waals surface area contributed by atoms with Gasteiger partial charge in [-0.3, -0.25) is 0 Å². The highest BCUT2D eigenvalue weighted by Crippen LogP contribution is 2.47. The molecule has 0 aromatic rings. The van der Waals surface area contributed by atoms with Crippen molar-refractivity contribution < 1.29 is 5.11 Å². The van der Waals surface area contributed by atoms with Crippen LogP contribution in [0.3, 0.4) is 0 Å². The van der Waals surface area contributed by atoms with Gasteiger partial charge in [0.05, 0.1) is 5.60 Å². The zero-order valence-corrected chi connectivity index (χ0v) is 7.25. The first-order valence-electron chi connectivity index (χ1n) is 4.48. The minimum absolute atomic E-state index is 0.468. The number of hydrogen-bond acceptors (Lipinski definition) is 1. The number of aliphatic hydroxyl groups is 1. The Morgan fingerprint density at radius 2 is 2.00 bits per heavy atom. The lowest BCUT2D eigenvalue weighted by Gasteiger charge is -2.30. The first-order chi connectivity index (χ1) is 5.07. The van der Waals surface area contributed by atoms with Gasteiger partial charge in [0.25, 0.3) is 0 Å². The van der Waals surface area contributed by atoms with Crippen LogP contribution in [-0.4, -0.2) is 10.7 Å². The van der Waals surface area contributed by atoms with E-state index in [1.807, 2.05) is 13.8 Å². The first-order valence-corrected chi connectivity index (χ1v) is 4.48. The predicted molar refractivity (Wildman–Crippen MR) is 45.1 cm³/mol. The lowest BCUT2D eigenvalue weighted by molar-refractivity contribution is 0.00587. The zero-order valence-electron chi connectivity index (χ0n) is 7.25. The fourth-order valence-electron chi connectivity index (χ4n) is 2.59. The Kier molecular flexibility index (Phi) is 1.40. The molecule has 0 heterocycles. The van der Waals surface area contributed by atoms with E-state index in [1.54, 1.807) is 0 Å². The van der Waals surface area contributed by atoms with Gasteiger partial charge in [0.2, 0.25) is 0 Å². The van der Waals surface area contributed by atoms with Crippen LogP contribution in [0.4, 0.5) is 0 Å². The average molecular weight is 152 g/mol. The second-order valence-electron chi connectivity index (χ2n) is 4.54. The molecule has 1 heteroatoms. The molecular weight excluding hydrogens is 136 g/mol. The number of fused-ring (bicyclic) bond motifs is 2. The molecule has 2 bridgehead atoms. The Labute approximate surface area is 68.1 Å². The molecule has 1 fully saturated rings. The molecule has 0 saturated heterocycles. The highest BCUT2D eigenvalue weighted by molar-refractivity contribution is 5.12. The molecule has 3 atom stereocenters. The topological polar surface area (TPSA) is 20.2 Å². The maximum absolute atomic E-state index is 9.81. The van der Waals surface area contributed by atoms with Gasteiger partial charge >= 0.3 is 0 Å². The van der Waals surface area contributed by atoms with E-state index in [-0.39, 0.29) is 0 Å². The summed E-state index contributed by atoms with van der Waals surface area (Å²) in [5.41, 5.74) is -0.468. The van der Waals surface area contributed by atoms with Gasteiger partial charge in [0.15, 0.2) is 0 Å². The predicted octanol–water partition coefficient (Wildman–Crippen LogP) is 1.97. The summed E-state index contributed by atoms with van der Waals surface area (Å²) >= 11 is 0. The molecule has 0 spiro atoms. The Balaban J connectivity index is 2.15. The first kappa shape index (κ1) is 7.35. The van der Waals surface area contributed by atoms with Crippen LogP contribution in [0.15, 0.2) is 12.2 Å². The summed E-state index contributed by atoms with van der Waals surface area (Å²) in [5, 5.41) is 9.81. The van der Waals surface area contributed by atoms with Crippen molar-refractivity contribution in [2.45, 2.75) is 32.3 Å². The molecule has 0 unspecified atom stereocenters. The van der Waals surface area contributed by atoms with Crippen LogP contribution >= 0.6 is 0 Å². The van der Waals surface area contributed by atoms with Crippen LogP contribution in [0.2, 0.25) is 0 Å². The van der Waals surface area contributed by atoms with Gasteiger partial charge < -0.3 is 5.11 Å². The van der Waals surface area contributed by atoms with Crippen LogP contribution in [0, 0.1) is 17.8 Å². The van der Waals surface area contributed by atoms with Gasteiger partial charge in [-0.1, -0.05) is 12.2 Å². The Morgan fingerprint density at radius 1 is 1.27 bits per heavy atom. The summed E-state index contributed by atoms with van der Waals surface area (Å²) in [6, 6.07) is 0. The molecule has 0 radical (unpaired) electrons. The van der Waals surface area contributed by atoms with Crippen molar-refractivity contribution in [3.63, 3.8) is 0 Å².